The molecule has 0 radical (unpaired) electrons. The highest BCUT2D eigenvalue weighted by molar-refractivity contribution is 8.01. The Balaban J connectivity index is 1.48. The van der Waals surface area contributed by atoms with Crippen LogP contribution < -0.4 is 5.32 Å². The zero-order chi connectivity index (χ0) is 11.3. The van der Waals surface area contributed by atoms with E-state index in [4.69, 9.17) is 0 Å². The van der Waals surface area contributed by atoms with Gasteiger partial charge in [-0.2, -0.15) is 11.8 Å². The molecule has 1 saturated heterocycles. The minimum absolute atomic E-state index is 0.747. The smallest absolute Gasteiger partial charge is 0.0170 e. The molecule has 4 bridgehead atoms. The van der Waals surface area contributed by atoms with Crippen LogP contribution in [0.25, 0.3) is 0 Å². The Morgan fingerprint density at radius 1 is 0.824 bits per heavy atom. The van der Waals surface area contributed by atoms with E-state index in [0.29, 0.717) is 0 Å². The molecule has 0 atom stereocenters. The molecule has 4 saturated carbocycles. The lowest BCUT2D eigenvalue weighted by Gasteiger charge is -2.57. The molecule has 0 spiro atoms. The summed E-state index contributed by atoms with van der Waals surface area (Å²) >= 11 is 2.44. The third-order valence-electron chi connectivity index (χ3n) is 5.68. The number of thioether (sulfide) groups is 1. The number of hydrogen-bond acceptors (Lipinski definition) is 2. The van der Waals surface area contributed by atoms with E-state index < -0.39 is 0 Å². The van der Waals surface area contributed by atoms with E-state index in [-0.39, 0.29) is 0 Å². The third-order valence-corrected chi connectivity index (χ3v) is 7.49. The Labute approximate surface area is 109 Å². The van der Waals surface area contributed by atoms with Crippen LogP contribution in [0.3, 0.4) is 0 Å². The monoisotopic (exact) mass is 251 g/mol. The molecule has 2 heteroatoms. The van der Waals surface area contributed by atoms with E-state index in [1.54, 1.807) is 38.5 Å². The van der Waals surface area contributed by atoms with Crippen molar-refractivity contribution in [2.45, 2.75) is 61.4 Å². The predicted octanol–water partition coefficient (Wildman–Crippen LogP) is 3.44. The summed E-state index contributed by atoms with van der Waals surface area (Å²) in [5.74, 6) is 3.36. The van der Waals surface area contributed by atoms with Gasteiger partial charge in [-0.15, -0.1) is 0 Å². The van der Waals surface area contributed by atoms with E-state index in [2.05, 4.69) is 17.1 Å². The second-order valence-electron chi connectivity index (χ2n) is 7.17. The lowest BCUT2D eigenvalue weighted by molar-refractivity contribution is 0.0380. The van der Waals surface area contributed by atoms with Gasteiger partial charge < -0.3 is 5.32 Å². The Kier molecular flexibility index (Phi) is 2.73. The van der Waals surface area contributed by atoms with Crippen molar-refractivity contribution in [3.63, 3.8) is 0 Å². The summed E-state index contributed by atoms with van der Waals surface area (Å²) in [4.78, 5) is 0. The van der Waals surface area contributed by atoms with Gasteiger partial charge in [0.1, 0.15) is 0 Å². The van der Waals surface area contributed by atoms with E-state index in [0.717, 1.165) is 27.8 Å². The normalized spacial score (nSPS) is 49.8. The molecule has 1 nitrogen and oxygen atoms in total. The average Bonchev–Trinajstić information content (AvgIpc) is 2.27. The Morgan fingerprint density at radius 2 is 1.35 bits per heavy atom. The number of nitrogens with one attached hydrogen (secondary N) is 1. The van der Waals surface area contributed by atoms with Crippen LogP contribution in [-0.4, -0.2) is 23.1 Å². The van der Waals surface area contributed by atoms with Crippen LogP contribution in [0.5, 0.6) is 0 Å². The first kappa shape index (κ1) is 11.2. The lowest BCUT2D eigenvalue weighted by atomic mass is 9.56. The van der Waals surface area contributed by atoms with Crippen LogP contribution in [0.2, 0.25) is 0 Å². The molecule has 5 rings (SSSR count). The molecule has 17 heavy (non-hydrogen) atoms. The quantitative estimate of drug-likeness (QED) is 0.807. The molecule has 5 fully saturated rings. The summed E-state index contributed by atoms with van der Waals surface area (Å²) in [7, 11) is 0. The summed E-state index contributed by atoms with van der Waals surface area (Å²) in [6, 6.07) is 0. The zero-order valence-electron chi connectivity index (χ0n) is 10.8. The van der Waals surface area contributed by atoms with Crippen LogP contribution in [0.4, 0.5) is 0 Å². The molecule has 5 aliphatic rings. The Bertz CT molecular complexity index is 260. The fourth-order valence-corrected chi connectivity index (χ4v) is 7.62. The first-order valence-corrected chi connectivity index (χ1v) is 8.58. The van der Waals surface area contributed by atoms with Gasteiger partial charge in [0.25, 0.3) is 0 Å². The minimum atomic E-state index is 0.747. The number of rotatable bonds is 2. The number of hydrogen-bond donors (Lipinski definition) is 1. The van der Waals surface area contributed by atoms with Crippen LogP contribution in [0.1, 0.15) is 51.4 Å². The van der Waals surface area contributed by atoms with Crippen molar-refractivity contribution in [1.82, 2.24) is 5.32 Å². The van der Waals surface area contributed by atoms with Gasteiger partial charge in [-0.05, 0) is 82.2 Å². The van der Waals surface area contributed by atoms with Crippen molar-refractivity contribution in [3.05, 3.63) is 0 Å². The van der Waals surface area contributed by atoms with Crippen LogP contribution in [-0.2, 0) is 0 Å². The molecular weight excluding hydrogens is 226 g/mol. The third kappa shape index (κ3) is 2.06. The maximum absolute atomic E-state index is 3.51. The van der Waals surface area contributed by atoms with Gasteiger partial charge in [-0.3, -0.25) is 0 Å². The first-order valence-electron chi connectivity index (χ1n) is 7.70. The fraction of sp³-hybridized carbons (Fsp3) is 1.00. The Morgan fingerprint density at radius 3 is 1.88 bits per heavy atom. The summed E-state index contributed by atoms with van der Waals surface area (Å²) < 4.78 is 0.747. The zero-order valence-corrected chi connectivity index (χ0v) is 11.6. The molecule has 0 aromatic heterocycles. The summed E-state index contributed by atoms with van der Waals surface area (Å²) in [6.45, 7) is 2.54. The highest BCUT2D eigenvalue weighted by Crippen LogP contribution is 2.61. The second-order valence-corrected chi connectivity index (χ2v) is 8.94. The molecule has 1 heterocycles. The van der Waals surface area contributed by atoms with Crippen LogP contribution in [0.15, 0.2) is 0 Å². The van der Waals surface area contributed by atoms with Gasteiger partial charge in [-0.25, -0.2) is 0 Å². The van der Waals surface area contributed by atoms with Gasteiger partial charge in [0.2, 0.25) is 0 Å². The topological polar surface area (TPSA) is 12.0 Å². The van der Waals surface area contributed by atoms with Gasteiger partial charge in [0.15, 0.2) is 0 Å². The van der Waals surface area contributed by atoms with Crippen molar-refractivity contribution < 1.29 is 0 Å². The molecule has 0 aromatic carbocycles. The van der Waals surface area contributed by atoms with E-state index in [9.17, 15) is 0 Å². The van der Waals surface area contributed by atoms with Crippen LogP contribution >= 0.6 is 11.8 Å². The van der Waals surface area contributed by atoms with Crippen molar-refractivity contribution in [2.75, 3.05) is 13.1 Å². The fourth-order valence-electron chi connectivity index (χ4n) is 5.44. The van der Waals surface area contributed by atoms with Crippen molar-refractivity contribution in [2.24, 2.45) is 17.8 Å². The van der Waals surface area contributed by atoms with E-state index >= 15 is 0 Å². The first-order chi connectivity index (χ1) is 8.31. The van der Waals surface area contributed by atoms with Crippen molar-refractivity contribution in [3.8, 4) is 0 Å². The average molecular weight is 251 g/mol. The largest absolute Gasteiger partial charge is 0.317 e. The molecule has 1 aliphatic heterocycles. The van der Waals surface area contributed by atoms with E-state index in [1.165, 1.54) is 25.9 Å². The predicted molar refractivity (Wildman–Crippen MR) is 74.4 cm³/mol. The van der Waals surface area contributed by atoms with Gasteiger partial charge >= 0.3 is 0 Å². The standard InChI is InChI=1S/C15H25NS/c1-3-16-4-2-14(1)17-15-8-11-5-12(9-15)7-13(6-11)10-15/h11-14,16H,1-10H2. The summed E-state index contributed by atoms with van der Waals surface area (Å²) in [6.07, 6.45) is 12.3. The molecule has 0 amide bonds. The van der Waals surface area contributed by atoms with Gasteiger partial charge in [-0.1, -0.05) is 0 Å². The summed E-state index contributed by atoms with van der Waals surface area (Å²) in [5, 5.41) is 4.49. The van der Waals surface area contributed by atoms with Crippen LogP contribution in [0, 0.1) is 17.8 Å². The Hall–Kier alpha value is 0.310. The lowest BCUT2D eigenvalue weighted by Crippen LogP contribution is -2.49. The SMILES string of the molecule is C1CC(SC23CC4CC(CC(C4)C2)C3)CCN1. The molecule has 0 aromatic rings. The molecule has 0 unspecified atom stereocenters. The van der Waals surface area contributed by atoms with Gasteiger partial charge in [0, 0.05) is 10.00 Å². The molecule has 4 aliphatic carbocycles. The maximum atomic E-state index is 3.51. The highest BCUT2D eigenvalue weighted by Gasteiger charge is 2.51. The van der Waals surface area contributed by atoms with Crippen molar-refractivity contribution in [1.29, 1.82) is 0 Å². The van der Waals surface area contributed by atoms with E-state index in [1.807, 2.05) is 0 Å². The molecule has 1 N–H and O–H groups in total. The molecular formula is C15H25NS. The summed E-state index contributed by atoms with van der Waals surface area (Å²) in [5.41, 5.74) is 0. The maximum Gasteiger partial charge on any atom is 0.0170 e. The highest BCUT2D eigenvalue weighted by atomic mass is 32.2. The second kappa shape index (κ2) is 4.16. The molecule has 96 valence electrons. The van der Waals surface area contributed by atoms with Crippen molar-refractivity contribution >= 4 is 11.8 Å². The minimum Gasteiger partial charge on any atom is -0.317 e. The number of piperidine rings is 1. The van der Waals surface area contributed by atoms with Gasteiger partial charge in [0.05, 0.1) is 0 Å².